The number of hydrogen-bond acceptors (Lipinski definition) is 6. The average Bonchev–Trinajstić information content (AvgIpc) is 3.24. The van der Waals surface area contributed by atoms with Gasteiger partial charge in [-0.05, 0) is 35.7 Å². The van der Waals surface area contributed by atoms with Crippen molar-refractivity contribution in [3.8, 4) is 11.7 Å². The molecule has 0 saturated heterocycles. The van der Waals surface area contributed by atoms with Crippen LogP contribution in [0, 0.1) is 5.41 Å². The Labute approximate surface area is 190 Å². The monoisotopic (exact) mass is 441 g/mol. The summed E-state index contributed by atoms with van der Waals surface area (Å²) in [5, 5.41) is 12.1. The molecule has 2 heterocycles. The lowest BCUT2D eigenvalue weighted by Crippen LogP contribution is -2.18. The summed E-state index contributed by atoms with van der Waals surface area (Å²) in [6.07, 6.45) is 5.37. The first kappa shape index (κ1) is 21.7. The predicted octanol–water partition coefficient (Wildman–Crippen LogP) is 2.66. The van der Waals surface area contributed by atoms with E-state index in [1.807, 2.05) is 30.3 Å². The number of benzene rings is 2. The first-order valence-electron chi connectivity index (χ1n) is 10.2. The number of ether oxygens (including phenoxy) is 1. The highest BCUT2D eigenvalue weighted by atomic mass is 16.5. The molecule has 0 aliphatic heterocycles. The van der Waals surface area contributed by atoms with E-state index in [1.54, 1.807) is 43.8 Å². The molecule has 0 amide bonds. The van der Waals surface area contributed by atoms with Crippen LogP contribution in [0.1, 0.15) is 34.0 Å². The lowest BCUT2D eigenvalue weighted by molar-refractivity contribution is 0.413. The minimum Gasteiger partial charge on any atom is -0.496 e. The van der Waals surface area contributed by atoms with E-state index < -0.39 is 5.69 Å². The van der Waals surface area contributed by atoms with E-state index in [4.69, 9.17) is 15.9 Å². The molecule has 0 aliphatic carbocycles. The maximum atomic E-state index is 12.7. The lowest BCUT2D eigenvalue weighted by atomic mass is 9.89. The maximum absolute atomic E-state index is 12.7. The van der Waals surface area contributed by atoms with Gasteiger partial charge in [-0.25, -0.2) is 14.8 Å². The van der Waals surface area contributed by atoms with E-state index in [0.29, 0.717) is 23.6 Å². The molecule has 1 atom stereocenters. The van der Waals surface area contributed by atoms with E-state index in [0.717, 1.165) is 21.4 Å². The second kappa shape index (κ2) is 9.31. The Hall–Kier alpha value is -4.53. The smallest absolute Gasteiger partial charge is 0.350 e. The fraction of sp³-hybridized carbons (Fsp3) is 0.125. The Morgan fingerprint density at radius 2 is 1.97 bits per heavy atom. The molecule has 4 rings (SSSR count). The van der Waals surface area contributed by atoms with Crippen LogP contribution in [0.3, 0.4) is 0 Å². The van der Waals surface area contributed by atoms with Gasteiger partial charge >= 0.3 is 5.69 Å². The van der Waals surface area contributed by atoms with Crippen LogP contribution in [0.25, 0.3) is 12.0 Å². The molecule has 0 saturated carbocycles. The summed E-state index contributed by atoms with van der Waals surface area (Å²) in [7, 11) is 1.61. The molecule has 0 aliphatic rings. The average molecular weight is 441 g/mol. The molecule has 166 valence electrons. The van der Waals surface area contributed by atoms with Gasteiger partial charge < -0.3 is 10.5 Å². The van der Waals surface area contributed by atoms with Gasteiger partial charge in [-0.1, -0.05) is 43.0 Å². The summed E-state index contributed by atoms with van der Waals surface area (Å²) in [5.74, 6) is 1.10. The zero-order valence-corrected chi connectivity index (χ0v) is 18.0. The Kier molecular flexibility index (Phi) is 6.12. The summed E-state index contributed by atoms with van der Waals surface area (Å²) in [6.45, 7) is 3.87. The second-order valence-electron chi connectivity index (χ2n) is 7.35. The molecule has 0 radical (unpaired) electrons. The van der Waals surface area contributed by atoms with Crippen LogP contribution in [0.4, 0.5) is 0 Å². The molecule has 1 unspecified atom stereocenters. The van der Waals surface area contributed by atoms with Crippen LogP contribution >= 0.6 is 0 Å². The largest absolute Gasteiger partial charge is 0.496 e. The molecule has 4 N–H and O–H groups in total. The van der Waals surface area contributed by atoms with Crippen LogP contribution in [0.2, 0.25) is 0 Å². The minimum absolute atomic E-state index is 0.00909. The Morgan fingerprint density at radius 1 is 1.24 bits per heavy atom. The summed E-state index contributed by atoms with van der Waals surface area (Å²) in [6, 6.07) is 14.9. The van der Waals surface area contributed by atoms with Gasteiger partial charge in [0.25, 0.3) is 5.95 Å². The number of nitrogens with zero attached hydrogens (tertiary/aromatic N) is 4. The number of nitrogens with two attached hydrogens (primary N) is 1. The van der Waals surface area contributed by atoms with Gasteiger partial charge in [0, 0.05) is 29.4 Å². The van der Waals surface area contributed by atoms with Crippen LogP contribution in [-0.4, -0.2) is 37.7 Å². The van der Waals surface area contributed by atoms with Crippen LogP contribution in [-0.2, 0) is 6.42 Å². The highest BCUT2D eigenvalue weighted by Gasteiger charge is 2.22. The number of nitrogens with one attached hydrogen (secondary N) is 2. The van der Waals surface area contributed by atoms with Gasteiger partial charge in [0.15, 0.2) is 0 Å². The van der Waals surface area contributed by atoms with Crippen molar-refractivity contribution in [1.82, 2.24) is 24.7 Å². The summed E-state index contributed by atoms with van der Waals surface area (Å²) < 4.78 is 6.57. The fourth-order valence-corrected chi connectivity index (χ4v) is 3.59. The van der Waals surface area contributed by atoms with Crippen molar-refractivity contribution in [2.24, 2.45) is 5.73 Å². The number of aromatic amines is 1. The third-order valence-corrected chi connectivity index (χ3v) is 5.29. The number of methoxy groups -OCH3 is 1. The first-order valence-corrected chi connectivity index (χ1v) is 10.2. The minimum atomic E-state index is -0.425. The molecule has 2 aromatic carbocycles. The molecule has 9 heteroatoms. The molecule has 4 aromatic rings. The van der Waals surface area contributed by atoms with Gasteiger partial charge in [-0.2, -0.15) is 0 Å². The third-order valence-electron chi connectivity index (χ3n) is 5.29. The predicted molar refractivity (Wildman–Crippen MR) is 126 cm³/mol. The van der Waals surface area contributed by atoms with Crippen molar-refractivity contribution in [2.45, 2.75) is 12.3 Å². The SMILES string of the molecule is C=Cc1cc(C(Cc2ccc(C(=N)N)cc2)c2nn(-c3ncccn3)c(=O)[nH]2)ccc1OC. The molecule has 9 nitrogen and oxygen atoms in total. The Morgan fingerprint density at radius 3 is 2.61 bits per heavy atom. The Bertz CT molecular complexity index is 1340. The first-order chi connectivity index (χ1) is 16.0. The lowest BCUT2D eigenvalue weighted by Gasteiger charge is -2.17. The molecule has 0 spiro atoms. The number of amidine groups is 1. The fourth-order valence-electron chi connectivity index (χ4n) is 3.59. The third kappa shape index (κ3) is 4.57. The number of nitrogen functional groups attached to an aromatic ring is 1. The van der Waals surface area contributed by atoms with Gasteiger partial charge in [0.2, 0.25) is 0 Å². The molecule has 0 bridgehead atoms. The van der Waals surface area contributed by atoms with Crippen molar-refractivity contribution < 1.29 is 4.74 Å². The molecular weight excluding hydrogens is 418 g/mol. The topological polar surface area (TPSA) is 136 Å². The van der Waals surface area contributed by atoms with Crippen molar-refractivity contribution in [3.63, 3.8) is 0 Å². The van der Waals surface area contributed by atoms with Crippen LogP contribution in [0.15, 0.2) is 72.3 Å². The van der Waals surface area contributed by atoms with Gasteiger partial charge in [0.1, 0.15) is 17.4 Å². The highest BCUT2D eigenvalue weighted by Crippen LogP contribution is 2.30. The van der Waals surface area contributed by atoms with Gasteiger partial charge in [0.05, 0.1) is 7.11 Å². The van der Waals surface area contributed by atoms with Crippen molar-refractivity contribution >= 4 is 11.9 Å². The van der Waals surface area contributed by atoms with Crippen molar-refractivity contribution in [3.05, 3.63) is 106 Å². The van der Waals surface area contributed by atoms with Crippen LogP contribution in [0.5, 0.6) is 5.75 Å². The van der Waals surface area contributed by atoms with E-state index in [1.165, 1.54) is 0 Å². The number of H-pyrrole nitrogens is 1. The number of hydrogen-bond donors (Lipinski definition) is 3. The standard InChI is InChI=1S/C24H23N7O2/c1-3-16-14-18(9-10-20(16)33-2)19(13-15-5-7-17(8-6-15)21(25)26)22-29-24(32)31(30-22)23-27-11-4-12-28-23/h3-12,14,19H,1,13H2,2H3,(H3,25,26)(H,29,30,32). The van der Waals surface area contributed by atoms with Gasteiger partial charge in [-0.15, -0.1) is 9.78 Å². The number of aromatic nitrogens is 5. The summed E-state index contributed by atoms with van der Waals surface area (Å²) >= 11 is 0. The number of rotatable bonds is 8. The van der Waals surface area contributed by atoms with E-state index >= 15 is 0 Å². The van der Waals surface area contributed by atoms with Gasteiger partial charge in [-0.3, -0.25) is 10.4 Å². The van der Waals surface area contributed by atoms with Crippen molar-refractivity contribution in [1.29, 1.82) is 5.41 Å². The molecule has 0 fully saturated rings. The van der Waals surface area contributed by atoms with Crippen molar-refractivity contribution in [2.75, 3.05) is 7.11 Å². The summed E-state index contributed by atoms with van der Waals surface area (Å²) in [4.78, 5) is 23.8. The Balaban J connectivity index is 1.79. The molecular formula is C24H23N7O2. The normalized spacial score (nSPS) is 11.7. The quantitative estimate of drug-likeness (QED) is 0.284. The van der Waals surface area contributed by atoms with E-state index in [-0.39, 0.29) is 17.7 Å². The van der Waals surface area contributed by atoms with Crippen LogP contribution < -0.4 is 16.2 Å². The zero-order valence-electron chi connectivity index (χ0n) is 18.0. The zero-order chi connectivity index (χ0) is 23.4. The summed E-state index contributed by atoms with van der Waals surface area (Å²) in [5.41, 5.74) is 8.55. The van der Waals surface area contributed by atoms with E-state index in [9.17, 15) is 4.79 Å². The highest BCUT2D eigenvalue weighted by molar-refractivity contribution is 5.94. The molecule has 33 heavy (non-hydrogen) atoms. The molecule has 2 aromatic heterocycles. The maximum Gasteiger partial charge on any atom is 0.350 e. The second-order valence-corrected chi connectivity index (χ2v) is 7.35. The van der Waals surface area contributed by atoms with E-state index in [2.05, 4.69) is 26.6 Å².